The molecule has 0 bridgehead atoms. The zero-order valence-corrected chi connectivity index (χ0v) is 32.2. The van der Waals surface area contributed by atoms with Crippen LogP contribution in [0.25, 0.3) is 0 Å². The van der Waals surface area contributed by atoms with Crippen LogP contribution >= 0.6 is 7.60 Å². The first-order valence-electron chi connectivity index (χ1n) is 21.0. The average Bonchev–Trinajstić information content (AvgIpc) is 3.04. The van der Waals surface area contributed by atoms with E-state index in [0.29, 0.717) is 6.16 Å². The molecular formula is C41H85O3P. The summed E-state index contributed by atoms with van der Waals surface area (Å²) in [6.07, 6.45) is 54.0. The Morgan fingerprint density at radius 1 is 0.333 bits per heavy atom. The molecule has 1 atom stereocenters. The Bertz CT molecular complexity index is 581. The molecule has 4 heteroatoms. The summed E-state index contributed by atoms with van der Waals surface area (Å²) in [6, 6.07) is 0. The van der Waals surface area contributed by atoms with Gasteiger partial charge < -0.3 is 9.42 Å². The van der Waals surface area contributed by atoms with Gasteiger partial charge in [-0.05, 0) is 6.42 Å². The van der Waals surface area contributed by atoms with Gasteiger partial charge in [0.2, 0.25) is 0 Å². The van der Waals surface area contributed by atoms with E-state index in [2.05, 4.69) is 11.4 Å². The lowest BCUT2D eigenvalue weighted by Gasteiger charge is -2.08. The van der Waals surface area contributed by atoms with Gasteiger partial charge in [0.25, 0.3) is 0 Å². The van der Waals surface area contributed by atoms with Crippen LogP contribution in [0.3, 0.4) is 0 Å². The van der Waals surface area contributed by atoms with E-state index in [0.717, 1.165) is 12.8 Å². The zero-order chi connectivity index (χ0) is 32.8. The van der Waals surface area contributed by atoms with Crippen LogP contribution in [0.4, 0.5) is 0 Å². The van der Waals surface area contributed by atoms with Crippen LogP contribution in [-0.4, -0.2) is 18.2 Å². The van der Waals surface area contributed by atoms with Crippen molar-refractivity contribution in [3.05, 3.63) is 0 Å². The molecule has 0 spiro atoms. The Morgan fingerprint density at radius 3 is 0.644 bits per heavy atom. The smallest absolute Gasteiger partial charge is 0.324 e. The fourth-order valence-electron chi connectivity index (χ4n) is 6.84. The molecule has 0 aliphatic heterocycles. The van der Waals surface area contributed by atoms with E-state index in [1.54, 1.807) is 0 Å². The minimum absolute atomic E-state index is 0.309. The van der Waals surface area contributed by atoms with E-state index in [4.69, 9.17) is 0 Å². The predicted octanol–water partition coefficient (Wildman–Crippen LogP) is 15.7. The molecule has 272 valence electrons. The maximum atomic E-state index is 11.4. The number of hydrogen-bond acceptors (Lipinski definition) is 2. The highest BCUT2D eigenvalue weighted by Crippen LogP contribution is 2.41. The minimum Gasteiger partial charge on any atom is -0.324 e. The third-order valence-electron chi connectivity index (χ3n) is 10.1. The van der Waals surface area contributed by atoms with E-state index in [9.17, 15) is 9.46 Å². The van der Waals surface area contributed by atoms with Gasteiger partial charge in [-0.3, -0.25) is 4.57 Å². The molecule has 0 saturated carbocycles. The van der Waals surface area contributed by atoms with E-state index in [-0.39, 0.29) is 0 Å². The maximum Gasteiger partial charge on any atom is 0.327 e. The van der Waals surface area contributed by atoms with Gasteiger partial charge in [0, 0.05) is 13.3 Å². The SMILES string of the molecule is CCCCCCCCCCCCCCCCCCCCCCCCCCCCCCCCCCCCCCCCP(=O)(O)OC. The van der Waals surface area contributed by atoms with Gasteiger partial charge in [-0.1, -0.05) is 244 Å². The Kier molecular flexibility index (Phi) is 38.7. The summed E-state index contributed by atoms with van der Waals surface area (Å²) in [7, 11) is -1.95. The molecule has 0 aromatic heterocycles. The highest BCUT2D eigenvalue weighted by atomic mass is 31.2. The van der Waals surface area contributed by atoms with Crippen molar-refractivity contribution in [3.63, 3.8) is 0 Å². The van der Waals surface area contributed by atoms with Crippen molar-refractivity contribution in [1.82, 2.24) is 0 Å². The van der Waals surface area contributed by atoms with Crippen LogP contribution in [-0.2, 0) is 9.09 Å². The molecule has 0 fully saturated rings. The molecule has 0 aromatic rings. The van der Waals surface area contributed by atoms with Crippen molar-refractivity contribution in [2.24, 2.45) is 0 Å². The Labute approximate surface area is 285 Å². The standard InChI is InChI=1S/C41H85O3P/c1-3-4-5-6-7-8-9-10-11-12-13-14-15-16-17-18-19-20-21-22-23-24-25-26-27-28-29-30-31-32-33-34-35-36-37-38-39-40-41-45(42,43)44-2/h3-41H2,1-2H3,(H,42,43). The van der Waals surface area contributed by atoms with Crippen molar-refractivity contribution in [3.8, 4) is 0 Å². The van der Waals surface area contributed by atoms with Crippen LogP contribution in [0.5, 0.6) is 0 Å². The summed E-state index contributed by atoms with van der Waals surface area (Å²) in [4.78, 5) is 9.39. The maximum absolute atomic E-state index is 11.4. The second-order valence-electron chi connectivity index (χ2n) is 14.6. The van der Waals surface area contributed by atoms with Crippen molar-refractivity contribution in [2.45, 2.75) is 251 Å². The molecule has 0 saturated heterocycles. The van der Waals surface area contributed by atoms with Gasteiger partial charge in [0.15, 0.2) is 0 Å². The Balaban J connectivity index is 3.07. The monoisotopic (exact) mass is 657 g/mol. The van der Waals surface area contributed by atoms with Crippen LogP contribution in [0.15, 0.2) is 0 Å². The molecule has 0 aliphatic carbocycles. The number of unbranched alkanes of at least 4 members (excludes halogenated alkanes) is 37. The fourth-order valence-corrected chi connectivity index (χ4v) is 7.65. The Hall–Kier alpha value is 0.150. The summed E-state index contributed by atoms with van der Waals surface area (Å²) in [5.74, 6) is 0. The lowest BCUT2D eigenvalue weighted by molar-refractivity contribution is 0.314. The fraction of sp³-hybridized carbons (Fsp3) is 1.00. The third-order valence-corrected chi connectivity index (χ3v) is 11.5. The van der Waals surface area contributed by atoms with Crippen molar-refractivity contribution in [1.29, 1.82) is 0 Å². The largest absolute Gasteiger partial charge is 0.327 e. The van der Waals surface area contributed by atoms with Gasteiger partial charge in [0.1, 0.15) is 0 Å². The number of rotatable bonds is 40. The van der Waals surface area contributed by atoms with Crippen LogP contribution < -0.4 is 0 Å². The van der Waals surface area contributed by atoms with Gasteiger partial charge in [-0.25, -0.2) is 0 Å². The minimum atomic E-state index is -3.28. The highest BCUT2D eigenvalue weighted by Gasteiger charge is 2.15. The van der Waals surface area contributed by atoms with Crippen molar-refractivity contribution >= 4 is 7.60 Å². The molecule has 0 aliphatic rings. The molecule has 0 aromatic carbocycles. The van der Waals surface area contributed by atoms with Gasteiger partial charge in [-0.15, -0.1) is 0 Å². The van der Waals surface area contributed by atoms with Crippen molar-refractivity contribution in [2.75, 3.05) is 13.3 Å². The molecule has 1 N–H and O–H groups in total. The van der Waals surface area contributed by atoms with Crippen LogP contribution in [0.2, 0.25) is 0 Å². The summed E-state index contributed by atoms with van der Waals surface area (Å²) < 4.78 is 16.0. The zero-order valence-electron chi connectivity index (χ0n) is 31.3. The molecule has 0 amide bonds. The second-order valence-corrected chi connectivity index (χ2v) is 16.7. The summed E-state index contributed by atoms with van der Waals surface area (Å²) in [6.45, 7) is 2.30. The first-order chi connectivity index (χ1) is 22.1. The number of hydrogen-bond donors (Lipinski definition) is 1. The van der Waals surface area contributed by atoms with Crippen LogP contribution in [0.1, 0.15) is 251 Å². The molecule has 0 heterocycles. The van der Waals surface area contributed by atoms with Gasteiger partial charge in [-0.2, -0.15) is 0 Å². The van der Waals surface area contributed by atoms with E-state index < -0.39 is 7.60 Å². The second kappa shape index (κ2) is 38.6. The van der Waals surface area contributed by atoms with E-state index in [1.807, 2.05) is 0 Å². The van der Waals surface area contributed by atoms with Gasteiger partial charge >= 0.3 is 7.60 Å². The highest BCUT2D eigenvalue weighted by molar-refractivity contribution is 7.52. The lowest BCUT2D eigenvalue weighted by atomic mass is 10.0. The first kappa shape index (κ1) is 45.2. The van der Waals surface area contributed by atoms with Crippen molar-refractivity contribution < 1.29 is 14.0 Å². The topological polar surface area (TPSA) is 46.5 Å². The molecule has 3 nitrogen and oxygen atoms in total. The molecule has 0 rings (SSSR count). The lowest BCUT2D eigenvalue weighted by Crippen LogP contribution is -1.91. The van der Waals surface area contributed by atoms with E-state index in [1.165, 1.54) is 238 Å². The summed E-state index contributed by atoms with van der Waals surface area (Å²) >= 11 is 0. The predicted molar refractivity (Wildman–Crippen MR) is 203 cm³/mol. The molecule has 45 heavy (non-hydrogen) atoms. The summed E-state index contributed by atoms with van der Waals surface area (Å²) in [5, 5.41) is 0. The molecular weight excluding hydrogens is 571 g/mol. The Morgan fingerprint density at radius 2 is 0.489 bits per heavy atom. The van der Waals surface area contributed by atoms with E-state index >= 15 is 0 Å². The van der Waals surface area contributed by atoms with Crippen LogP contribution in [0, 0.1) is 0 Å². The third kappa shape index (κ3) is 40.2. The normalized spacial score (nSPS) is 13.0. The molecule has 0 radical (unpaired) electrons. The quantitative estimate of drug-likeness (QED) is 0.0527. The summed E-state index contributed by atoms with van der Waals surface area (Å²) in [5.41, 5.74) is 0. The average molecular weight is 657 g/mol. The first-order valence-corrected chi connectivity index (χ1v) is 22.8. The molecule has 1 unspecified atom stereocenters. The van der Waals surface area contributed by atoms with Gasteiger partial charge in [0.05, 0.1) is 0 Å².